The first-order chi connectivity index (χ1) is 8.56. The smallest absolute Gasteiger partial charge is 0.0830 e. The topological polar surface area (TPSA) is 46.2 Å². The fourth-order valence-corrected chi connectivity index (χ4v) is 1.99. The Hall–Kier alpha value is -1.80. The first-order valence-electron chi connectivity index (χ1n) is 6.16. The molecule has 0 aliphatic heterocycles. The van der Waals surface area contributed by atoms with Crippen molar-refractivity contribution in [2.75, 3.05) is 5.73 Å². The minimum Gasteiger partial charge on any atom is -0.399 e. The van der Waals surface area contributed by atoms with Gasteiger partial charge in [-0.1, -0.05) is 30.3 Å². The van der Waals surface area contributed by atoms with Crippen LogP contribution in [0.4, 0.5) is 5.69 Å². The van der Waals surface area contributed by atoms with Gasteiger partial charge in [-0.3, -0.25) is 0 Å². The molecule has 0 saturated heterocycles. The number of anilines is 1. The van der Waals surface area contributed by atoms with Crippen LogP contribution in [0, 0.1) is 13.8 Å². The molecule has 2 rings (SSSR count). The number of hydrogen-bond donors (Lipinski definition) is 2. The van der Waals surface area contributed by atoms with Crippen molar-refractivity contribution in [3.63, 3.8) is 0 Å². The van der Waals surface area contributed by atoms with E-state index in [1.807, 2.05) is 24.3 Å². The summed E-state index contributed by atoms with van der Waals surface area (Å²) in [6, 6.07) is 13.7. The quantitative estimate of drug-likeness (QED) is 0.811. The van der Waals surface area contributed by atoms with E-state index in [1.54, 1.807) is 0 Å². The molecule has 0 spiro atoms. The molecule has 2 heteroatoms. The van der Waals surface area contributed by atoms with Crippen molar-refractivity contribution in [3.8, 4) is 0 Å². The molecule has 2 aromatic rings. The highest BCUT2D eigenvalue weighted by atomic mass is 16.3. The summed E-state index contributed by atoms with van der Waals surface area (Å²) in [5, 5.41) is 10.2. The number of aryl methyl sites for hydroxylation is 2. The van der Waals surface area contributed by atoms with E-state index < -0.39 is 6.10 Å². The molecule has 2 aromatic carbocycles. The second-order valence-electron chi connectivity index (χ2n) is 4.81. The van der Waals surface area contributed by atoms with Gasteiger partial charge in [0.05, 0.1) is 6.10 Å². The van der Waals surface area contributed by atoms with Crippen LogP contribution in [0.3, 0.4) is 0 Å². The zero-order valence-electron chi connectivity index (χ0n) is 10.9. The van der Waals surface area contributed by atoms with Crippen LogP contribution < -0.4 is 5.73 Å². The first kappa shape index (κ1) is 12.7. The fourth-order valence-electron chi connectivity index (χ4n) is 1.99. The number of hydrogen-bond acceptors (Lipinski definition) is 2. The number of nitrogen functional groups attached to an aromatic ring is 1. The van der Waals surface area contributed by atoms with Crippen LogP contribution >= 0.6 is 0 Å². The molecule has 0 heterocycles. The van der Waals surface area contributed by atoms with Crippen LogP contribution in [-0.2, 0) is 6.42 Å². The van der Waals surface area contributed by atoms with Crippen molar-refractivity contribution >= 4 is 5.69 Å². The number of rotatable bonds is 3. The number of nitrogens with two attached hydrogens (primary N) is 1. The summed E-state index contributed by atoms with van der Waals surface area (Å²) in [6.45, 7) is 4.18. The van der Waals surface area contributed by atoms with E-state index in [2.05, 4.69) is 32.0 Å². The summed E-state index contributed by atoms with van der Waals surface area (Å²) >= 11 is 0. The molecule has 0 amide bonds. The Bertz CT molecular complexity index is 531. The zero-order chi connectivity index (χ0) is 13.1. The molecule has 1 unspecified atom stereocenters. The Kier molecular flexibility index (Phi) is 3.68. The highest BCUT2D eigenvalue weighted by molar-refractivity contribution is 5.40. The minimum absolute atomic E-state index is 0.479. The van der Waals surface area contributed by atoms with E-state index >= 15 is 0 Å². The van der Waals surface area contributed by atoms with Crippen molar-refractivity contribution in [3.05, 3.63) is 64.7 Å². The molecule has 0 aliphatic rings. The van der Waals surface area contributed by atoms with Crippen LogP contribution in [0.1, 0.15) is 28.4 Å². The molecule has 94 valence electrons. The van der Waals surface area contributed by atoms with Gasteiger partial charge in [0.25, 0.3) is 0 Å². The summed E-state index contributed by atoms with van der Waals surface area (Å²) in [4.78, 5) is 0. The first-order valence-corrected chi connectivity index (χ1v) is 6.16. The van der Waals surface area contributed by atoms with Gasteiger partial charge < -0.3 is 10.8 Å². The third-order valence-electron chi connectivity index (χ3n) is 3.32. The Labute approximate surface area is 108 Å². The molecular weight excluding hydrogens is 222 g/mol. The summed E-state index contributed by atoms with van der Waals surface area (Å²) in [5.41, 5.74) is 11.0. The standard InChI is InChI=1S/C16H19NO/c1-11-3-4-13(9-12(11)2)10-16(18)14-5-7-15(17)8-6-14/h3-9,16,18H,10,17H2,1-2H3. The van der Waals surface area contributed by atoms with Crippen molar-refractivity contribution < 1.29 is 5.11 Å². The van der Waals surface area contributed by atoms with Gasteiger partial charge in [-0.15, -0.1) is 0 Å². The Balaban J connectivity index is 2.13. The lowest BCUT2D eigenvalue weighted by Crippen LogP contribution is -2.02. The molecule has 0 bridgehead atoms. The Morgan fingerprint density at radius 3 is 2.28 bits per heavy atom. The highest BCUT2D eigenvalue weighted by Crippen LogP contribution is 2.20. The summed E-state index contributed by atoms with van der Waals surface area (Å²) in [7, 11) is 0. The number of benzene rings is 2. The molecule has 0 aliphatic carbocycles. The van der Waals surface area contributed by atoms with Gasteiger partial charge in [-0.25, -0.2) is 0 Å². The second-order valence-corrected chi connectivity index (χ2v) is 4.81. The largest absolute Gasteiger partial charge is 0.399 e. The van der Waals surface area contributed by atoms with Crippen molar-refractivity contribution in [2.24, 2.45) is 0 Å². The van der Waals surface area contributed by atoms with Crippen LogP contribution in [0.15, 0.2) is 42.5 Å². The van der Waals surface area contributed by atoms with Gasteiger partial charge in [0.2, 0.25) is 0 Å². The summed E-state index contributed by atoms with van der Waals surface area (Å²) < 4.78 is 0. The van der Waals surface area contributed by atoms with Gasteiger partial charge >= 0.3 is 0 Å². The second kappa shape index (κ2) is 5.23. The lowest BCUT2D eigenvalue weighted by atomic mass is 9.98. The molecule has 0 radical (unpaired) electrons. The maximum atomic E-state index is 10.2. The van der Waals surface area contributed by atoms with Crippen LogP contribution in [0.2, 0.25) is 0 Å². The van der Waals surface area contributed by atoms with E-state index in [0.29, 0.717) is 6.42 Å². The number of aliphatic hydroxyl groups excluding tert-OH is 1. The maximum absolute atomic E-state index is 10.2. The molecular formula is C16H19NO. The monoisotopic (exact) mass is 241 g/mol. The van der Waals surface area contributed by atoms with E-state index in [4.69, 9.17) is 5.73 Å². The van der Waals surface area contributed by atoms with E-state index in [1.165, 1.54) is 11.1 Å². The normalized spacial score (nSPS) is 12.4. The summed E-state index contributed by atoms with van der Waals surface area (Å²) in [5.74, 6) is 0. The third kappa shape index (κ3) is 2.90. The van der Waals surface area contributed by atoms with Crippen LogP contribution in [0.25, 0.3) is 0 Å². The lowest BCUT2D eigenvalue weighted by Gasteiger charge is -2.12. The molecule has 1 atom stereocenters. The van der Waals surface area contributed by atoms with Crippen LogP contribution in [0.5, 0.6) is 0 Å². The van der Waals surface area contributed by atoms with Crippen molar-refractivity contribution in [2.45, 2.75) is 26.4 Å². The molecule has 0 fully saturated rings. The van der Waals surface area contributed by atoms with Gasteiger partial charge in [0.15, 0.2) is 0 Å². The SMILES string of the molecule is Cc1ccc(CC(O)c2ccc(N)cc2)cc1C. The van der Waals surface area contributed by atoms with Gasteiger partial charge in [0.1, 0.15) is 0 Å². The van der Waals surface area contributed by atoms with Gasteiger partial charge in [0, 0.05) is 12.1 Å². The predicted molar refractivity (Wildman–Crippen MR) is 75.4 cm³/mol. The minimum atomic E-state index is -0.479. The number of aliphatic hydroxyl groups is 1. The fraction of sp³-hybridized carbons (Fsp3) is 0.250. The van der Waals surface area contributed by atoms with E-state index in [0.717, 1.165) is 16.8 Å². The molecule has 2 nitrogen and oxygen atoms in total. The molecule has 3 N–H and O–H groups in total. The molecule has 0 saturated carbocycles. The van der Waals surface area contributed by atoms with Gasteiger partial charge in [-0.2, -0.15) is 0 Å². The van der Waals surface area contributed by atoms with Crippen molar-refractivity contribution in [1.29, 1.82) is 0 Å². The Morgan fingerprint density at radius 2 is 1.67 bits per heavy atom. The summed E-state index contributed by atoms with van der Waals surface area (Å²) in [6.07, 6.45) is 0.151. The van der Waals surface area contributed by atoms with Crippen molar-refractivity contribution in [1.82, 2.24) is 0 Å². The van der Waals surface area contributed by atoms with Crippen LogP contribution in [-0.4, -0.2) is 5.11 Å². The average Bonchev–Trinajstić information content (AvgIpc) is 2.34. The Morgan fingerprint density at radius 1 is 1.00 bits per heavy atom. The highest BCUT2D eigenvalue weighted by Gasteiger charge is 2.08. The van der Waals surface area contributed by atoms with E-state index in [-0.39, 0.29) is 0 Å². The molecule has 0 aromatic heterocycles. The van der Waals surface area contributed by atoms with E-state index in [9.17, 15) is 5.11 Å². The maximum Gasteiger partial charge on any atom is 0.0830 e. The average molecular weight is 241 g/mol. The zero-order valence-corrected chi connectivity index (χ0v) is 10.9. The lowest BCUT2D eigenvalue weighted by molar-refractivity contribution is 0.178. The van der Waals surface area contributed by atoms with Gasteiger partial charge in [-0.05, 0) is 48.2 Å². The third-order valence-corrected chi connectivity index (χ3v) is 3.32. The predicted octanol–water partition coefficient (Wildman–Crippen LogP) is 3.16. The molecule has 18 heavy (non-hydrogen) atoms.